The van der Waals surface area contributed by atoms with Gasteiger partial charge in [-0.3, -0.25) is 0 Å². The lowest BCUT2D eigenvalue weighted by Crippen LogP contribution is -2.26. The van der Waals surface area contributed by atoms with Crippen molar-refractivity contribution in [2.45, 2.75) is 46.5 Å². The van der Waals surface area contributed by atoms with Crippen molar-refractivity contribution in [2.24, 2.45) is 5.41 Å². The summed E-state index contributed by atoms with van der Waals surface area (Å²) in [4.78, 5) is 2.62. The highest BCUT2D eigenvalue weighted by Crippen LogP contribution is 2.29. The van der Waals surface area contributed by atoms with Crippen LogP contribution in [0, 0.1) is 5.41 Å². The predicted molar refractivity (Wildman–Crippen MR) is 54.4 cm³/mol. The molecule has 0 N–H and O–H groups in total. The zero-order valence-electron chi connectivity index (χ0n) is 8.90. The van der Waals surface area contributed by atoms with E-state index in [-0.39, 0.29) is 0 Å². The van der Waals surface area contributed by atoms with E-state index in [0.29, 0.717) is 5.41 Å². The molecule has 0 spiro atoms. The SMILES string of the molecule is CCCN1CCCC(C)(C)CC1. The average Bonchev–Trinajstić information content (AvgIpc) is 2.14. The quantitative estimate of drug-likeness (QED) is 0.614. The molecular weight excluding hydrogens is 146 g/mol. The standard InChI is InChI=1S/C11H23N/c1-4-8-12-9-5-6-11(2,3)7-10-12/h4-10H2,1-3H3. The lowest BCUT2D eigenvalue weighted by molar-refractivity contribution is 0.263. The molecule has 0 aromatic carbocycles. The van der Waals surface area contributed by atoms with Gasteiger partial charge in [-0.25, -0.2) is 0 Å². The number of likely N-dealkylation sites (tertiary alicyclic amines) is 1. The van der Waals surface area contributed by atoms with Crippen LogP contribution in [0.5, 0.6) is 0 Å². The van der Waals surface area contributed by atoms with Gasteiger partial charge in [0.05, 0.1) is 0 Å². The molecule has 0 amide bonds. The first-order valence-corrected chi connectivity index (χ1v) is 5.36. The zero-order valence-corrected chi connectivity index (χ0v) is 8.90. The minimum Gasteiger partial charge on any atom is -0.303 e. The third-order valence-corrected chi connectivity index (χ3v) is 2.97. The van der Waals surface area contributed by atoms with Gasteiger partial charge in [0.25, 0.3) is 0 Å². The second-order valence-corrected chi connectivity index (χ2v) is 4.86. The van der Waals surface area contributed by atoms with Gasteiger partial charge in [0.2, 0.25) is 0 Å². The third-order valence-electron chi connectivity index (χ3n) is 2.97. The summed E-state index contributed by atoms with van der Waals surface area (Å²) in [6.45, 7) is 11.0. The van der Waals surface area contributed by atoms with Crippen molar-refractivity contribution >= 4 is 0 Å². The van der Waals surface area contributed by atoms with Crippen LogP contribution in [0.3, 0.4) is 0 Å². The molecule has 0 saturated carbocycles. The number of hydrogen-bond acceptors (Lipinski definition) is 1. The van der Waals surface area contributed by atoms with Crippen molar-refractivity contribution in [3.8, 4) is 0 Å². The van der Waals surface area contributed by atoms with Gasteiger partial charge in [0, 0.05) is 0 Å². The van der Waals surface area contributed by atoms with Crippen LogP contribution in [0.15, 0.2) is 0 Å². The fraction of sp³-hybridized carbons (Fsp3) is 1.00. The third kappa shape index (κ3) is 3.14. The molecule has 0 bridgehead atoms. The summed E-state index contributed by atoms with van der Waals surface area (Å²) >= 11 is 0. The Balaban J connectivity index is 2.34. The second-order valence-electron chi connectivity index (χ2n) is 4.86. The van der Waals surface area contributed by atoms with E-state index in [2.05, 4.69) is 25.7 Å². The molecule has 1 saturated heterocycles. The number of nitrogens with zero attached hydrogens (tertiary/aromatic N) is 1. The van der Waals surface area contributed by atoms with Crippen molar-refractivity contribution in [3.63, 3.8) is 0 Å². The number of rotatable bonds is 2. The molecule has 72 valence electrons. The van der Waals surface area contributed by atoms with Gasteiger partial charge >= 0.3 is 0 Å². The Bertz CT molecular complexity index is 129. The minimum absolute atomic E-state index is 0.600. The molecule has 1 rings (SSSR count). The molecule has 0 unspecified atom stereocenters. The summed E-state index contributed by atoms with van der Waals surface area (Å²) in [6, 6.07) is 0. The lowest BCUT2D eigenvalue weighted by Gasteiger charge is -2.22. The van der Waals surface area contributed by atoms with Crippen LogP contribution in [0.2, 0.25) is 0 Å². The Morgan fingerprint density at radius 2 is 1.92 bits per heavy atom. The normalized spacial score (nSPS) is 25.2. The fourth-order valence-electron chi connectivity index (χ4n) is 2.02. The summed E-state index contributed by atoms with van der Waals surface area (Å²) in [6.07, 6.45) is 5.49. The van der Waals surface area contributed by atoms with Gasteiger partial charge in [0.1, 0.15) is 0 Å². The monoisotopic (exact) mass is 169 g/mol. The van der Waals surface area contributed by atoms with Crippen LogP contribution in [0.25, 0.3) is 0 Å². The highest BCUT2D eigenvalue weighted by Gasteiger charge is 2.22. The molecule has 12 heavy (non-hydrogen) atoms. The van der Waals surface area contributed by atoms with Crippen LogP contribution in [0.1, 0.15) is 46.5 Å². The van der Waals surface area contributed by atoms with Gasteiger partial charge in [-0.05, 0) is 50.7 Å². The van der Waals surface area contributed by atoms with E-state index in [1.165, 1.54) is 45.3 Å². The van der Waals surface area contributed by atoms with E-state index in [1.807, 2.05) is 0 Å². The minimum atomic E-state index is 0.600. The molecule has 1 aliphatic rings. The maximum absolute atomic E-state index is 2.62. The van der Waals surface area contributed by atoms with Gasteiger partial charge in [-0.2, -0.15) is 0 Å². The maximum atomic E-state index is 2.62. The lowest BCUT2D eigenvalue weighted by atomic mass is 9.85. The molecular formula is C11H23N. The van der Waals surface area contributed by atoms with Gasteiger partial charge in [-0.1, -0.05) is 20.8 Å². The summed E-state index contributed by atoms with van der Waals surface area (Å²) in [5.41, 5.74) is 0.600. The Hall–Kier alpha value is -0.0400. The first-order valence-electron chi connectivity index (χ1n) is 5.36. The molecule has 0 atom stereocenters. The van der Waals surface area contributed by atoms with Gasteiger partial charge in [0.15, 0.2) is 0 Å². The fourth-order valence-corrected chi connectivity index (χ4v) is 2.02. The molecule has 1 aliphatic heterocycles. The van der Waals surface area contributed by atoms with Crippen LogP contribution >= 0.6 is 0 Å². The van der Waals surface area contributed by atoms with E-state index >= 15 is 0 Å². The summed E-state index contributed by atoms with van der Waals surface area (Å²) in [7, 11) is 0. The van der Waals surface area contributed by atoms with Crippen LogP contribution in [-0.4, -0.2) is 24.5 Å². The largest absolute Gasteiger partial charge is 0.303 e. The van der Waals surface area contributed by atoms with Crippen molar-refractivity contribution < 1.29 is 0 Å². The van der Waals surface area contributed by atoms with Crippen molar-refractivity contribution in [1.82, 2.24) is 4.90 Å². The Kier molecular flexibility index (Phi) is 3.57. The molecule has 1 nitrogen and oxygen atoms in total. The Labute approximate surface area is 77.1 Å². The van der Waals surface area contributed by atoms with E-state index in [9.17, 15) is 0 Å². The molecule has 0 aliphatic carbocycles. The van der Waals surface area contributed by atoms with Crippen molar-refractivity contribution in [3.05, 3.63) is 0 Å². The highest BCUT2D eigenvalue weighted by molar-refractivity contribution is 4.75. The van der Waals surface area contributed by atoms with Gasteiger partial charge < -0.3 is 4.90 Å². The summed E-state index contributed by atoms with van der Waals surface area (Å²) in [5, 5.41) is 0. The molecule has 1 fully saturated rings. The zero-order chi connectivity index (χ0) is 9.03. The van der Waals surface area contributed by atoms with Crippen LogP contribution in [-0.2, 0) is 0 Å². The van der Waals surface area contributed by atoms with E-state index in [4.69, 9.17) is 0 Å². The molecule has 1 heterocycles. The van der Waals surface area contributed by atoms with Crippen LogP contribution < -0.4 is 0 Å². The highest BCUT2D eigenvalue weighted by atomic mass is 15.1. The van der Waals surface area contributed by atoms with Gasteiger partial charge in [-0.15, -0.1) is 0 Å². The molecule has 0 aromatic rings. The molecule has 1 heteroatoms. The maximum Gasteiger partial charge on any atom is -0.00137 e. The Morgan fingerprint density at radius 3 is 2.58 bits per heavy atom. The molecule has 0 radical (unpaired) electrons. The van der Waals surface area contributed by atoms with E-state index in [1.54, 1.807) is 0 Å². The van der Waals surface area contributed by atoms with Crippen molar-refractivity contribution in [1.29, 1.82) is 0 Å². The predicted octanol–water partition coefficient (Wildman–Crippen LogP) is 2.91. The first-order chi connectivity index (χ1) is 5.64. The van der Waals surface area contributed by atoms with Crippen LogP contribution in [0.4, 0.5) is 0 Å². The summed E-state index contributed by atoms with van der Waals surface area (Å²) < 4.78 is 0. The number of hydrogen-bond donors (Lipinski definition) is 0. The first kappa shape index (κ1) is 10.0. The second kappa shape index (κ2) is 4.27. The summed E-state index contributed by atoms with van der Waals surface area (Å²) in [5.74, 6) is 0. The van der Waals surface area contributed by atoms with E-state index in [0.717, 1.165) is 0 Å². The molecule has 0 aromatic heterocycles. The Morgan fingerprint density at radius 1 is 1.17 bits per heavy atom. The average molecular weight is 169 g/mol. The van der Waals surface area contributed by atoms with E-state index < -0.39 is 0 Å². The topological polar surface area (TPSA) is 3.24 Å². The smallest absolute Gasteiger partial charge is 0.00137 e. The van der Waals surface area contributed by atoms with Crippen molar-refractivity contribution in [2.75, 3.05) is 19.6 Å².